The Morgan fingerprint density at radius 1 is 1.36 bits per heavy atom. The Morgan fingerprint density at radius 3 is 2.82 bits per heavy atom. The molecule has 3 heterocycles. The Bertz CT molecular complexity index is 1060. The molecule has 0 unspecified atom stereocenters. The fourth-order valence-electron chi connectivity index (χ4n) is 2.98. The number of hydrogen-bond acceptors (Lipinski definition) is 7. The van der Waals surface area contributed by atoms with Crippen LogP contribution in [0.1, 0.15) is 40.2 Å². The van der Waals surface area contributed by atoms with Crippen LogP contribution < -0.4 is 10.1 Å². The fourth-order valence-corrected chi connectivity index (χ4v) is 2.98. The number of fused-ring (bicyclic) bond motifs is 1. The van der Waals surface area contributed by atoms with E-state index in [1.54, 1.807) is 19.5 Å². The van der Waals surface area contributed by atoms with E-state index in [0.29, 0.717) is 42.0 Å². The number of aliphatic hydroxyl groups is 1. The van der Waals surface area contributed by atoms with Gasteiger partial charge in [0.15, 0.2) is 5.65 Å². The van der Waals surface area contributed by atoms with Gasteiger partial charge in [0.1, 0.15) is 5.52 Å². The van der Waals surface area contributed by atoms with Gasteiger partial charge in [0.2, 0.25) is 5.88 Å². The molecule has 1 fully saturated rings. The number of nitrogens with one attached hydrogen (secondary N) is 1. The molecule has 28 heavy (non-hydrogen) atoms. The van der Waals surface area contributed by atoms with Crippen LogP contribution in [-0.4, -0.2) is 55.0 Å². The van der Waals surface area contributed by atoms with Gasteiger partial charge in [-0.05, 0) is 32.3 Å². The lowest BCUT2D eigenvalue weighted by Crippen LogP contribution is -2.33. The van der Waals surface area contributed by atoms with Gasteiger partial charge >= 0.3 is 0 Å². The molecule has 0 atom stereocenters. The largest absolute Gasteiger partial charge is 0.480 e. The molecule has 1 saturated carbocycles. The summed E-state index contributed by atoms with van der Waals surface area (Å²) in [4.78, 5) is 21.7. The zero-order chi connectivity index (χ0) is 19.9. The van der Waals surface area contributed by atoms with Crippen molar-refractivity contribution in [3.8, 4) is 5.88 Å². The molecule has 0 aliphatic heterocycles. The molecular formula is C19H22N6O3. The molecular weight excluding hydrogens is 360 g/mol. The van der Waals surface area contributed by atoms with Crippen molar-refractivity contribution in [2.45, 2.75) is 38.8 Å². The third-order valence-corrected chi connectivity index (χ3v) is 4.93. The molecule has 4 rings (SSSR count). The molecule has 0 spiro atoms. The normalized spacial score (nSPS) is 14.9. The molecule has 9 heteroatoms. The van der Waals surface area contributed by atoms with E-state index in [2.05, 4.69) is 25.5 Å². The quantitative estimate of drug-likeness (QED) is 0.657. The summed E-state index contributed by atoms with van der Waals surface area (Å²) < 4.78 is 6.95. The first-order valence-corrected chi connectivity index (χ1v) is 9.09. The van der Waals surface area contributed by atoms with Gasteiger partial charge in [-0.25, -0.2) is 4.98 Å². The number of ether oxygens (including phenoxy) is 1. The van der Waals surface area contributed by atoms with Crippen molar-refractivity contribution in [3.63, 3.8) is 0 Å². The Kier molecular flexibility index (Phi) is 4.46. The smallest absolute Gasteiger partial charge is 0.255 e. The summed E-state index contributed by atoms with van der Waals surface area (Å²) in [5.41, 5.74) is 3.22. The summed E-state index contributed by atoms with van der Waals surface area (Å²) in [7, 11) is 1.55. The standard InChI is InChI=1S/C19H22N6O3/c1-11-6-15(28-3)24-23-14(11)9-25-8-13(16-17(25)22-12(2)7-20-16)18(26)21-10-19(27)4-5-19/h6-8,27H,4-5,9-10H2,1-3H3,(H,21,26). The first-order chi connectivity index (χ1) is 13.4. The first-order valence-electron chi connectivity index (χ1n) is 9.09. The molecule has 1 aliphatic carbocycles. The second-order valence-electron chi connectivity index (χ2n) is 7.28. The predicted octanol–water partition coefficient (Wildman–Crippen LogP) is 1.15. The van der Waals surface area contributed by atoms with Crippen LogP contribution in [0.25, 0.3) is 11.2 Å². The third kappa shape index (κ3) is 3.53. The van der Waals surface area contributed by atoms with Gasteiger partial charge in [0.05, 0.1) is 36.2 Å². The van der Waals surface area contributed by atoms with Crippen molar-refractivity contribution >= 4 is 17.1 Å². The van der Waals surface area contributed by atoms with Crippen molar-refractivity contribution in [2.75, 3.05) is 13.7 Å². The lowest BCUT2D eigenvalue weighted by molar-refractivity contribution is 0.0897. The molecule has 0 bridgehead atoms. The molecule has 9 nitrogen and oxygen atoms in total. The van der Waals surface area contributed by atoms with Crippen LogP contribution in [0.4, 0.5) is 0 Å². The van der Waals surface area contributed by atoms with Gasteiger partial charge < -0.3 is 19.7 Å². The van der Waals surface area contributed by atoms with Crippen LogP contribution in [0.5, 0.6) is 5.88 Å². The SMILES string of the molecule is COc1cc(C)c(Cn2cc(C(=O)NCC3(O)CC3)c3ncc(C)nc32)nn1. The maximum absolute atomic E-state index is 12.7. The average molecular weight is 382 g/mol. The Balaban J connectivity index is 1.68. The van der Waals surface area contributed by atoms with Crippen LogP contribution in [0.3, 0.4) is 0 Å². The number of carbonyl (C=O) groups is 1. The Hall–Kier alpha value is -3.07. The molecule has 146 valence electrons. The first kappa shape index (κ1) is 18.3. The van der Waals surface area contributed by atoms with E-state index in [4.69, 9.17) is 4.74 Å². The maximum Gasteiger partial charge on any atom is 0.255 e. The second-order valence-corrected chi connectivity index (χ2v) is 7.28. The number of carbonyl (C=O) groups excluding carboxylic acids is 1. The van der Waals surface area contributed by atoms with Gasteiger partial charge in [-0.15, -0.1) is 10.2 Å². The minimum Gasteiger partial charge on any atom is -0.480 e. The number of aryl methyl sites for hydroxylation is 2. The molecule has 0 aromatic carbocycles. The molecule has 1 aliphatic rings. The molecule has 1 amide bonds. The highest BCUT2D eigenvalue weighted by atomic mass is 16.5. The van der Waals surface area contributed by atoms with E-state index in [1.165, 1.54) is 0 Å². The van der Waals surface area contributed by atoms with Crippen molar-refractivity contribution in [2.24, 2.45) is 0 Å². The van der Waals surface area contributed by atoms with E-state index in [1.807, 2.05) is 24.5 Å². The zero-order valence-electron chi connectivity index (χ0n) is 16.1. The Labute approximate surface area is 161 Å². The summed E-state index contributed by atoms with van der Waals surface area (Å²) in [6.07, 6.45) is 4.78. The van der Waals surface area contributed by atoms with Crippen LogP contribution >= 0.6 is 0 Å². The molecule has 0 radical (unpaired) electrons. The van der Waals surface area contributed by atoms with Gasteiger partial charge in [-0.2, -0.15) is 0 Å². The molecule has 0 saturated heterocycles. The second kappa shape index (κ2) is 6.83. The van der Waals surface area contributed by atoms with E-state index in [9.17, 15) is 9.90 Å². The number of hydrogen-bond donors (Lipinski definition) is 2. The minimum absolute atomic E-state index is 0.237. The fraction of sp³-hybridized carbons (Fsp3) is 0.421. The highest BCUT2D eigenvalue weighted by molar-refractivity contribution is 6.04. The number of methoxy groups -OCH3 is 1. The Morgan fingerprint density at radius 2 is 2.14 bits per heavy atom. The minimum atomic E-state index is -0.758. The van der Waals surface area contributed by atoms with E-state index in [0.717, 1.165) is 17.0 Å². The van der Waals surface area contributed by atoms with Crippen molar-refractivity contribution in [3.05, 3.63) is 41.0 Å². The number of amides is 1. The van der Waals surface area contributed by atoms with Gasteiger partial charge in [-0.1, -0.05) is 0 Å². The van der Waals surface area contributed by atoms with Gasteiger partial charge in [0, 0.05) is 25.0 Å². The van der Waals surface area contributed by atoms with Crippen molar-refractivity contribution in [1.82, 2.24) is 30.0 Å². The molecule has 2 N–H and O–H groups in total. The van der Waals surface area contributed by atoms with Crippen molar-refractivity contribution < 1.29 is 14.6 Å². The van der Waals surface area contributed by atoms with Crippen LogP contribution in [0.15, 0.2) is 18.5 Å². The summed E-state index contributed by atoms with van der Waals surface area (Å²) in [5, 5.41) is 21.0. The topological polar surface area (TPSA) is 115 Å². The number of aromatic nitrogens is 5. The highest BCUT2D eigenvalue weighted by Gasteiger charge is 2.40. The van der Waals surface area contributed by atoms with E-state index in [-0.39, 0.29) is 12.5 Å². The lowest BCUT2D eigenvalue weighted by Gasteiger charge is -2.08. The monoisotopic (exact) mass is 382 g/mol. The van der Waals surface area contributed by atoms with Crippen LogP contribution in [0, 0.1) is 13.8 Å². The highest BCUT2D eigenvalue weighted by Crippen LogP contribution is 2.34. The zero-order valence-corrected chi connectivity index (χ0v) is 16.1. The average Bonchev–Trinajstić information content (AvgIpc) is 3.32. The predicted molar refractivity (Wildman–Crippen MR) is 101 cm³/mol. The number of rotatable bonds is 6. The maximum atomic E-state index is 12.7. The third-order valence-electron chi connectivity index (χ3n) is 4.93. The summed E-state index contributed by atoms with van der Waals surface area (Å²) in [6, 6.07) is 1.81. The van der Waals surface area contributed by atoms with Gasteiger partial charge in [0.25, 0.3) is 5.91 Å². The summed E-state index contributed by atoms with van der Waals surface area (Å²) >= 11 is 0. The van der Waals surface area contributed by atoms with Gasteiger partial charge in [-0.3, -0.25) is 9.78 Å². The molecule has 3 aromatic rings. The van der Waals surface area contributed by atoms with Crippen LogP contribution in [0.2, 0.25) is 0 Å². The van der Waals surface area contributed by atoms with Crippen LogP contribution in [-0.2, 0) is 6.54 Å². The summed E-state index contributed by atoms with van der Waals surface area (Å²) in [5.74, 6) is 0.173. The van der Waals surface area contributed by atoms with E-state index >= 15 is 0 Å². The van der Waals surface area contributed by atoms with Crippen molar-refractivity contribution in [1.29, 1.82) is 0 Å². The van der Waals surface area contributed by atoms with E-state index < -0.39 is 5.60 Å². The molecule has 3 aromatic heterocycles. The summed E-state index contributed by atoms with van der Waals surface area (Å²) in [6.45, 7) is 4.42. The lowest BCUT2D eigenvalue weighted by atomic mass is 10.2. The number of nitrogens with zero attached hydrogens (tertiary/aromatic N) is 5.